The van der Waals surface area contributed by atoms with Gasteiger partial charge in [0.25, 0.3) is 0 Å². The van der Waals surface area contributed by atoms with Crippen LogP contribution in [0.4, 0.5) is 33.3 Å². The van der Waals surface area contributed by atoms with Crippen LogP contribution in [0.5, 0.6) is 11.5 Å². The summed E-state index contributed by atoms with van der Waals surface area (Å²) >= 11 is 0. The van der Waals surface area contributed by atoms with Gasteiger partial charge in [-0.1, -0.05) is 30.8 Å². The zero-order chi connectivity index (χ0) is 45.8. The normalized spacial score (nSPS) is 17.8. The maximum Gasteiger partial charge on any atom is 0.490 e. The molecule has 0 radical (unpaired) electrons. The fourth-order valence-corrected chi connectivity index (χ4v) is 8.04. The number of Topliss-reactive ketones (excluding diaryl/α,β-unsaturated/α-hetero) is 1. The molecule has 0 spiro atoms. The molecule has 336 valence electrons. The van der Waals surface area contributed by atoms with Crippen molar-refractivity contribution >= 4 is 34.9 Å². The lowest BCUT2D eigenvalue weighted by Gasteiger charge is -2.43. The highest BCUT2D eigenvalue weighted by atomic mass is 19.4. The second kappa shape index (κ2) is 21.6. The minimum Gasteiger partial charge on any atom is -0.497 e. The standard InChI is InChI=1S/C22H23FN2O2.C9H10O2.C8H8FN.C6H9NO.C2HF3O2/c1-27-17-5-2-4-14(11-17)19-13-20(24-8-3-6-21(24)26)18-12-16(23)10-15-7-9-25(19)22(15)18;1-7(10)8-4-3-5-9(6-8)11-2;9-7-1-2-8-6(5-7)3-4-10-8;1-2-7-5-3-4-6(7)8;3-2(4,5)1(6)7/h2,4-5,10-12,19-20H,3,6-9,13H2,1H3;3-6H,1-2H3;1-2,5,10H,3-4H2;2H,1,3-5H2;(H,6,7). The first-order chi connectivity index (χ1) is 30.0. The first-order valence-corrected chi connectivity index (χ1v) is 20.5. The van der Waals surface area contributed by atoms with E-state index in [1.165, 1.54) is 18.6 Å². The molecule has 0 bridgehead atoms. The summed E-state index contributed by atoms with van der Waals surface area (Å²) in [6.45, 7) is 8.49. The molecule has 2 atom stereocenters. The Hall–Kier alpha value is -6.45. The summed E-state index contributed by atoms with van der Waals surface area (Å²) in [5.74, 6) is -1.07. The summed E-state index contributed by atoms with van der Waals surface area (Å²) in [6, 6.07) is 23.6. The van der Waals surface area contributed by atoms with E-state index in [9.17, 15) is 36.3 Å². The number of benzene rings is 4. The van der Waals surface area contributed by atoms with E-state index >= 15 is 0 Å². The number of alkyl halides is 3. The van der Waals surface area contributed by atoms with E-state index < -0.39 is 12.1 Å². The first-order valence-electron chi connectivity index (χ1n) is 20.5. The van der Waals surface area contributed by atoms with Crippen LogP contribution in [-0.4, -0.2) is 85.0 Å². The third kappa shape index (κ3) is 12.4. The Labute approximate surface area is 363 Å². The number of rotatable bonds is 6. The molecule has 5 aliphatic rings. The van der Waals surface area contributed by atoms with Crippen molar-refractivity contribution in [2.75, 3.05) is 50.6 Å². The SMILES string of the molecule is C=CN1CCCC1=O.COc1cccc(C(C)=O)c1.COc1cccc(C2CC(N3CCCC3=O)c3cc(F)cc4c3N2CC4)c1.Fc1ccc2c(c1)CCN2.O=C(O)C(F)(F)F. The van der Waals surface area contributed by atoms with Gasteiger partial charge in [0.05, 0.1) is 26.3 Å². The molecule has 9 rings (SSSR count). The number of carboxylic acid groups (broad SMARTS) is 1. The number of ether oxygens (including phenoxy) is 2. The molecular formula is C47H51F5N4O7. The van der Waals surface area contributed by atoms with Gasteiger partial charge in [0, 0.05) is 61.5 Å². The van der Waals surface area contributed by atoms with Crippen molar-refractivity contribution in [1.82, 2.24) is 9.80 Å². The number of hydrogen-bond donors (Lipinski definition) is 2. The topological polar surface area (TPSA) is 129 Å². The summed E-state index contributed by atoms with van der Waals surface area (Å²) in [4.78, 5) is 48.9. The van der Waals surface area contributed by atoms with Gasteiger partial charge in [-0.05, 0) is 117 Å². The molecule has 0 saturated carbocycles. The molecule has 0 aliphatic carbocycles. The number of halogens is 5. The molecule has 63 heavy (non-hydrogen) atoms. The van der Waals surface area contributed by atoms with Gasteiger partial charge in [-0.3, -0.25) is 14.4 Å². The van der Waals surface area contributed by atoms with Crippen molar-refractivity contribution in [3.05, 3.63) is 131 Å². The average molecular weight is 879 g/mol. The van der Waals surface area contributed by atoms with E-state index in [1.807, 2.05) is 23.1 Å². The predicted molar refractivity (Wildman–Crippen MR) is 228 cm³/mol. The average Bonchev–Trinajstić information content (AvgIpc) is 4.10. The minimum atomic E-state index is -5.08. The van der Waals surface area contributed by atoms with Crippen LogP contribution in [0.15, 0.2) is 91.6 Å². The number of amides is 2. The number of nitrogens with zero attached hydrogens (tertiary/aromatic N) is 3. The van der Waals surface area contributed by atoms with Crippen molar-refractivity contribution in [2.45, 2.75) is 70.1 Å². The van der Waals surface area contributed by atoms with Gasteiger partial charge in [-0.2, -0.15) is 13.2 Å². The smallest absolute Gasteiger partial charge is 0.490 e. The fourth-order valence-electron chi connectivity index (χ4n) is 8.04. The second-order valence-electron chi connectivity index (χ2n) is 15.1. The van der Waals surface area contributed by atoms with Crippen molar-refractivity contribution < 1.29 is 55.7 Å². The number of ketones is 1. The highest BCUT2D eigenvalue weighted by Crippen LogP contribution is 2.51. The lowest BCUT2D eigenvalue weighted by molar-refractivity contribution is -0.192. The first kappa shape index (κ1) is 47.6. The summed E-state index contributed by atoms with van der Waals surface area (Å²) in [7, 11) is 3.26. The molecule has 2 amide bonds. The Balaban J connectivity index is 0.000000171. The minimum absolute atomic E-state index is 0.0592. The lowest BCUT2D eigenvalue weighted by atomic mass is 9.86. The maximum absolute atomic E-state index is 14.3. The van der Waals surface area contributed by atoms with Crippen molar-refractivity contribution in [3.8, 4) is 11.5 Å². The van der Waals surface area contributed by atoms with Crippen molar-refractivity contribution in [2.24, 2.45) is 0 Å². The maximum atomic E-state index is 14.3. The molecule has 16 heteroatoms. The Morgan fingerprint density at radius 2 is 1.43 bits per heavy atom. The Morgan fingerprint density at radius 1 is 0.778 bits per heavy atom. The Bertz CT molecular complexity index is 2290. The van der Waals surface area contributed by atoms with E-state index in [0.717, 1.165) is 97.8 Å². The third-order valence-electron chi connectivity index (χ3n) is 11.1. The highest BCUT2D eigenvalue weighted by Gasteiger charge is 2.42. The molecule has 11 nitrogen and oxygen atoms in total. The van der Waals surface area contributed by atoms with E-state index in [-0.39, 0.29) is 41.3 Å². The molecule has 2 saturated heterocycles. The van der Waals surface area contributed by atoms with Gasteiger partial charge in [0.15, 0.2) is 5.78 Å². The molecule has 5 heterocycles. The summed E-state index contributed by atoms with van der Waals surface area (Å²) in [5.41, 5.74) is 7.24. The zero-order valence-corrected chi connectivity index (χ0v) is 35.4. The van der Waals surface area contributed by atoms with Crippen LogP contribution in [0.3, 0.4) is 0 Å². The van der Waals surface area contributed by atoms with Crippen LogP contribution in [-0.2, 0) is 27.2 Å². The molecule has 4 aromatic rings. The number of methoxy groups -OCH3 is 2. The van der Waals surface area contributed by atoms with Crippen molar-refractivity contribution in [3.63, 3.8) is 0 Å². The summed E-state index contributed by atoms with van der Waals surface area (Å²) in [6.07, 6.45) is 2.28. The number of carboxylic acids is 1. The highest BCUT2D eigenvalue weighted by molar-refractivity contribution is 5.94. The van der Waals surface area contributed by atoms with E-state index in [2.05, 4.69) is 28.9 Å². The van der Waals surface area contributed by atoms with Gasteiger partial charge >= 0.3 is 12.1 Å². The van der Waals surface area contributed by atoms with Crippen LogP contribution >= 0.6 is 0 Å². The molecule has 2 N–H and O–H groups in total. The predicted octanol–water partition coefficient (Wildman–Crippen LogP) is 9.08. The van der Waals surface area contributed by atoms with E-state index in [1.54, 1.807) is 67.8 Å². The third-order valence-corrected chi connectivity index (χ3v) is 11.1. The number of carbonyl (C=O) groups excluding carboxylic acids is 3. The van der Waals surface area contributed by atoms with Gasteiger partial charge < -0.3 is 34.6 Å². The molecule has 2 fully saturated rings. The number of likely N-dealkylation sites (tertiary alicyclic amines) is 2. The van der Waals surface area contributed by atoms with E-state index in [4.69, 9.17) is 19.4 Å². The van der Waals surface area contributed by atoms with Crippen LogP contribution in [0.1, 0.15) is 83.7 Å². The monoisotopic (exact) mass is 878 g/mol. The number of carbonyl (C=O) groups is 4. The largest absolute Gasteiger partial charge is 0.497 e. The van der Waals surface area contributed by atoms with Crippen LogP contribution in [0.2, 0.25) is 0 Å². The number of nitrogens with one attached hydrogen (secondary N) is 1. The van der Waals surface area contributed by atoms with Gasteiger partial charge in [-0.15, -0.1) is 0 Å². The quantitative estimate of drug-likeness (QED) is 0.144. The van der Waals surface area contributed by atoms with Gasteiger partial charge in [0.2, 0.25) is 11.8 Å². The zero-order valence-electron chi connectivity index (χ0n) is 35.4. The van der Waals surface area contributed by atoms with Gasteiger partial charge in [0.1, 0.15) is 23.1 Å². The van der Waals surface area contributed by atoms with Crippen LogP contribution < -0.4 is 19.7 Å². The Morgan fingerprint density at radius 3 is 2.02 bits per heavy atom. The van der Waals surface area contributed by atoms with Gasteiger partial charge in [-0.25, -0.2) is 13.6 Å². The molecular weight excluding hydrogens is 828 g/mol. The summed E-state index contributed by atoms with van der Waals surface area (Å²) < 4.78 is 68.9. The molecule has 5 aliphatic heterocycles. The van der Waals surface area contributed by atoms with Crippen LogP contribution in [0, 0.1) is 11.6 Å². The van der Waals surface area contributed by atoms with Crippen LogP contribution in [0.25, 0.3) is 0 Å². The lowest BCUT2D eigenvalue weighted by Crippen LogP contribution is -2.39. The fraction of sp³-hybridized carbons (Fsp3) is 0.362. The number of aliphatic carboxylic acids is 1. The second-order valence-corrected chi connectivity index (χ2v) is 15.1. The molecule has 0 aromatic heterocycles. The number of hydrogen-bond acceptors (Lipinski definition) is 8. The molecule has 4 aromatic carbocycles. The number of anilines is 2. The van der Waals surface area contributed by atoms with E-state index in [0.29, 0.717) is 18.4 Å². The number of fused-ring (bicyclic) bond motifs is 1. The summed E-state index contributed by atoms with van der Waals surface area (Å²) in [5, 5.41) is 10.3. The molecule has 2 unspecified atom stereocenters. The Kier molecular flexibility index (Phi) is 16.3. The van der Waals surface area contributed by atoms with Crippen molar-refractivity contribution in [1.29, 1.82) is 0 Å².